The van der Waals surface area contributed by atoms with Crippen LogP contribution in [0, 0.1) is 0 Å². The van der Waals surface area contributed by atoms with Crippen LogP contribution in [0.3, 0.4) is 0 Å². The highest BCUT2D eigenvalue weighted by Crippen LogP contribution is 1.75. The van der Waals surface area contributed by atoms with E-state index >= 15 is 0 Å². The molecule has 2 unspecified atom stereocenters. The number of nitrogens with two attached hydrogens (primary N) is 1. The number of rotatable bonds is 3. The number of aliphatic hydroxyl groups excluding tert-OH is 3. The number of aliphatic hydroxyl groups is 3. The van der Waals surface area contributed by atoms with E-state index in [2.05, 4.69) is 5.32 Å². The lowest BCUT2D eigenvalue weighted by Gasteiger charge is -2.12. The molecule has 0 aromatic rings. The van der Waals surface area contributed by atoms with Crippen molar-refractivity contribution in [2.45, 2.75) is 12.5 Å². The Morgan fingerprint density at radius 1 is 1.50 bits per heavy atom. The maximum Gasteiger partial charge on any atom is 0.146 e. The number of hydrogen-bond acceptors (Lipinski definition) is 5. The van der Waals surface area contributed by atoms with E-state index < -0.39 is 19.2 Å². The van der Waals surface area contributed by atoms with Gasteiger partial charge in [0.05, 0.1) is 6.73 Å². The second-order valence-electron chi connectivity index (χ2n) is 1.30. The molecule has 0 rings (SSSR count). The second kappa shape index (κ2) is 3.76. The lowest BCUT2D eigenvalue weighted by atomic mass is 10.5. The molecule has 5 nitrogen and oxygen atoms in total. The molecule has 0 spiro atoms. The lowest BCUT2D eigenvalue weighted by Crippen LogP contribution is -2.45. The lowest BCUT2D eigenvalue weighted by molar-refractivity contribution is -0.0119. The molecule has 5 heteroatoms. The van der Waals surface area contributed by atoms with Gasteiger partial charge in [-0.25, -0.2) is 0 Å². The van der Waals surface area contributed by atoms with E-state index in [1.165, 1.54) is 0 Å². The van der Waals surface area contributed by atoms with E-state index in [0.717, 1.165) is 0 Å². The van der Waals surface area contributed by atoms with Crippen molar-refractivity contribution in [3.05, 3.63) is 0 Å². The van der Waals surface area contributed by atoms with Crippen molar-refractivity contribution in [2.24, 2.45) is 5.73 Å². The summed E-state index contributed by atoms with van der Waals surface area (Å²) in [4.78, 5) is 0. The Labute approximate surface area is 46.7 Å². The fourth-order valence-electron chi connectivity index (χ4n) is 0.214. The molecular weight excluding hydrogens is 112 g/mol. The molecule has 0 aliphatic heterocycles. The Hall–Kier alpha value is -0.200. The highest BCUT2D eigenvalue weighted by atomic mass is 16.4. The molecule has 0 bridgehead atoms. The first kappa shape index (κ1) is 7.80. The Morgan fingerprint density at radius 3 is 2.12 bits per heavy atom. The van der Waals surface area contributed by atoms with E-state index in [1.807, 2.05) is 0 Å². The van der Waals surface area contributed by atoms with Gasteiger partial charge in [0.1, 0.15) is 12.5 Å². The Bertz CT molecular complexity index is 58.5. The Balaban J connectivity index is 3.17. The second-order valence-corrected chi connectivity index (χ2v) is 1.30. The molecule has 0 aromatic carbocycles. The first-order valence-corrected chi connectivity index (χ1v) is 2.14. The zero-order valence-corrected chi connectivity index (χ0v) is 4.28. The van der Waals surface area contributed by atoms with E-state index in [4.69, 9.17) is 21.1 Å². The topological polar surface area (TPSA) is 98.7 Å². The Morgan fingerprint density at radius 2 is 2.00 bits per heavy atom. The maximum atomic E-state index is 8.48. The van der Waals surface area contributed by atoms with E-state index in [-0.39, 0.29) is 0 Å². The molecule has 2 atom stereocenters. The first-order valence-electron chi connectivity index (χ1n) is 2.14. The van der Waals surface area contributed by atoms with Crippen molar-refractivity contribution in [1.29, 1.82) is 0 Å². The van der Waals surface area contributed by atoms with Crippen LogP contribution in [0.25, 0.3) is 0 Å². The highest BCUT2D eigenvalue weighted by Gasteiger charge is 2.07. The average Bonchev–Trinajstić information content (AvgIpc) is 1.67. The van der Waals surface area contributed by atoms with Gasteiger partial charge in [0.25, 0.3) is 0 Å². The molecule has 8 heavy (non-hydrogen) atoms. The van der Waals surface area contributed by atoms with Crippen molar-refractivity contribution in [2.75, 3.05) is 6.73 Å². The van der Waals surface area contributed by atoms with Gasteiger partial charge in [0, 0.05) is 0 Å². The van der Waals surface area contributed by atoms with Crippen molar-refractivity contribution in [1.82, 2.24) is 5.32 Å². The number of hydrogen-bond donors (Lipinski definition) is 5. The number of nitrogens with one attached hydrogen (secondary N) is 1. The molecule has 50 valence electrons. The minimum Gasteiger partial charge on any atom is -0.381 e. The van der Waals surface area contributed by atoms with Crippen LogP contribution in [0.15, 0.2) is 0 Å². The van der Waals surface area contributed by atoms with Gasteiger partial charge in [-0.3, -0.25) is 5.32 Å². The van der Waals surface area contributed by atoms with Crippen LogP contribution in [-0.2, 0) is 0 Å². The summed E-state index contributed by atoms with van der Waals surface area (Å²) >= 11 is 0. The predicted molar refractivity (Wildman–Crippen MR) is 26.4 cm³/mol. The zero-order chi connectivity index (χ0) is 6.57. The average molecular weight is 122 g/mol. The summed E-state index contributed by atoms with van der Waals surface area (Å²) in [5.74, 6) is 0. The SMILES string of the molecule is NC(O)C(O)NCO. The highest BCUT2D eigenvalue weighted by molar-refractivity contribution is 4.53. The van der Waals surface area contributed by atoms with E-state index in [9.17, 15) is 0 Å². The largest absolute Gasteiger partial charge is 0.381 e. The molecule has 6 N–H and O–H groups in total. The normalized spacial score (nSPS) is 18.0. The van der Waals surface area contributed by atoms with Crippen LogP contribution in [0.1, 0.15) is 0 Å². The minimum absolute atomic E-state index is 0.407. The van der Waals surface area contributed by atoms with Gasteiger partial charge in [0.2, 0.25) is 0 Å². The molecule has 0 aromatic heterocycles. The summed E-state index contributed by atoms with van der Waals surface area (Å²) in [5.41, 5.74) is 4.75. The zero-order valence-electron chi connectivity index (χ0n) is 4.28. The van der Waals surface area contributed by atoms with E-state index in [1.54, 1.807) is 0 Å². The summed E-state index contributed by atoms with van der Waals surface area (Å²) < 4.78 is 0. The van der Waals surface area contributed by atoms with Crippen LogP contribution in [0.5, 0.6) is 0 Å². The molecule has 0 aliphatic carbocycles. The van der Waals surface area contributed by atoms with Crippen molar-refractivity contribution in [3.63, 3.8) is 0 Å². The predicted octanol–water partition coefficient (Wildman–Crippen LogP) is -2.88. The van der Waals surface area contributed by atoms with Crippen LogP contribution in [-0.4, -0.2) is 34.5 Å². The molecule has 0 aliphatic rings. The third-order valence-corrected chi connectivity index (χ3v) is 0.624. The Kier molecular flexibility index (Phi) is 3.67. The van der Waals surface area contributed by atoms with Gasteiger partial charge in [0.15, 0.2) is 0 Å². The van der Waals surface area contributed by atoms with E-state index in [0.29, 0.717) is 0 Å². The van der Waals surface area contributed by atoms with Crippen molar-refractivity contribution in [3.8, 4) is 0 Å². The van der Waals surface area contributed by atoms with Crippen LogP contribution in [0.4, 0.5) is 0 Å². The summed E-state index contributed by atoms with van der Waals surface area (Å²) in [6.07, 6.45) is -2.60. The molecule has 0 radical (unpaired) electrons. The molecule has 0 saturated carbocycles. The van der Waals surface area contributed by atoms with Crippen LogP contribution >= 0.6 is 0 Å². The van der Waals surface area contributed by atoms with Gasteiger partial charge in [-0.1, -0.05) is 0 Å². The summed E-state index contributed by atoms with van der Waals surface area (Å²) in [7, 11) is 0. The molecule has 0 fully saturated rings. The van der Waals surface area contributed by atoms with Crippen LogP contribution < -0.4 is 11.1 Å². The summed E-state index contributed by atoms with van der Waals surface area (Å²) in [6.45, 7) is -0.407. The quantitative estimate of drug-likeness (QED) is 0.259. The van der Waals surface area contributed by atoms with Crippen molar-refractivity contribution >= 4 is 0 Å². The minimum atomic E-state index is -1.35. The van der Waals surface area contributed by atoms with Gasteiger partial charge >= 0.3 is 0 Å². The smallest absolute Gasteiger partial charge is 0.146 e. The van der Waals surface area contributed by atoms with Gasteiger partial charge in [-0.2, -0.15) is 0 Å². The third-order valence-electron chi connectivity index (χ3n) is 0.624. The fourth-order valence-corrected chi connectivity index (χ4v) is 0.214. The van der Waals surface area contributed by atoms with Gasteiger partial charge in [-0.15, -0.1) is 0 Å². The summed E-state index contributed by atoms with van der Waals surface area (Å²) in [5, 5.41) is 26.9. The molecular formula is C3H10N2O3. The summed E-state index contributed by atoms with van der Waals surface area (Å²) in [6, 6.07) is 0. The monoisotopic (exact) mass is 122 g/mol. The fraction of sp³-hybridized carbons (Fsp3) is 1.00. The van der Waals surface area contributed by atoms with Crippen LogP contribution in [0.2, 0.25) is 0 Å². The molecule has 0 heterocycles. The van der Waals surface area contributed by atoms with Gasteiger partial charge < -0.3 is 21.1 Å². The maximum absolute atomic E-state index is 8.48. The third kappa shape index (κ3) is 2.89. The standard InChI is InChI=1S/C3H10N2O3/c4-2(7)3(8)5-1-6/h2-3,5-8H,1,4H2. The molecule has 0 amide bonds. The van der Waals surface area contributed by atoms with Crippen molar-refractivity contribution < 1.29 is 15.3 Å². The van der Waals surface area contributed by atoms with Gasteiger partial charge in [-0.05, 0) is 0 Å². The molecule has 0 saturated heterocycles. The first-order chi connectivity index (χ1) is 3.68.